The van der Waals surface area contributed by atoms with Crippen LogP contribution in [0.4, 0.5) is 4.79 Å². The Labute approximate surface area is 175 Å². The number of rotatable bonds is 3. The molecular formula is C25H25NO4. The molecule has 2 heterocycles. The number of hydrogen-bond donors (Lipinski definition) is 1. The maximum Gasteiger partial charge on any atom is 0.410 e. The highest BCUT2D eigenvalue weighted by Gasteiger charge is 2.49. The van der Waals surface area contributed by atoms with Crippen molar-refractivity contribution in [3.63, 3.8) is 0 Å². The van der Waals surface area contributed by atoms with Crippen molar-refractivity contribution in [1.82, 2.24) is 4.90 Å². The number of hydrogen-bond acceptors (Lipinski definition) is 4. The molecule has 3 aromatic rings. The van der Waals surface area contributed by atoms with E-state index in [4.69, 9.17) is 9.47 Å². The van der Waals surface area contributed by atoms with E-state index in [2.05, 4.69) is 24.3 Å². The van der Waals surface area contributed by atoms with Crippen molar-refractivity contribution < 1.29 is 19.4 Å². The molecule has 0 saturated carbocycles. The standard InChI is InChI=1S/C25H25NO4/c27-24(30-15-18-6-2-1-3-7-18)26-22-13-25(28,14-23(26)17-29-16-22)21-11-10-19-8-4-5-9-20(19)12-21/h1-12,22-23,28H,13-17H2. The summed E-state index contributed by atoms with van der Waals surface area (Å²) in [7, 11) is 0. The first-order valence-corrected chi connectivity index (χ1v) is 10.4. The molecule has 0 aliphatic carbocycles. The molecule has 30 heavy (non-hydrogen) atoms. The second-order valence-corrected chi connectivity index (χ2v) is 8.29. The van der Waals surface area contributed by atoms with E-state index in [0.717, 1.165) is 21.9 Å². The van der Waals surface area contributed by atoms with Crippen molar-refractivity contribution in [2.45, 2.75) is 37.1 Å². The third-order valence-electron chi connectivity index (χ3n) is 6.26. The first-order chi connectivity index (χ1) is 14.6. The average Bonchev–Trinajstić information content (AvgIpc) is 2.77. The van der Waals surface area contributed by atoms with E-state index in [1.165, 1.54) is 0 Å². The predicted octanol–water partition coefficient (Wildman–Crippen LogP) is 4.23. The molecule has 5 nitrogen and oxygen atoms in total. The van der Waals surface area contributed by atoms with Crippen LogP contribution >= 0.6 is 0 Å². The number of fused-ring (bicyclic) bond motifs is 3. The van der Waals surface area contributed by atoms with Crippen LogP contribution in [0.5, 0.6) is 0 Å². The molecule has 5 rings (SSSR count). The van der Waals surface area contributed by atoms with Gasteiger partial charge in [-0.3, -0.25) is 4.90 Å². The monoisotopic (exact) mass is 403 g/mol. The van der Waals surface area contributed by atoms with Gasteiger partial charge in [0.1, 0.15) is 6.61 Å². The zero-order valence-electron chi connectivity index (χ0n) is 16.7. The number of carbonyl (C=O) groups is 1. The first kappa shape index (κ1) is 19.1. The summed E-state index contributed by atoms with van der Waals surface area (Å²) in [6.45, 7) is 1.06. The summed E-state index contributed by atoms with van der Waals surface area (Å²) in [5.74, 6) is 0. The summed E-state index contributed by atoms with van der Waals surface area (Å²) in [6, 6.07) is 23.5. The number of nitrogens with zero attached hydrogens (tertiary/aromatic N) is 1. The summed E-state index contributed by atoms with van der Waals surface area (Å²) < 4.78 is 11.3. The Kier molecular flexibility index (Phi) is 4.93. The molecule has 2 aliphatic rings. The number of amides is 1. The third-order valence-corrected chi connectivity index (χ3v) is 6.26. The fourth-order valence-corrected chi connectivity index (χ4v) is 4.78. The fraction of sp³-hybridized carbons (Fsp3) is 0.320. The predicted molar refractivity (Wildman–Crippen MR) is 114 cm³/mol. The highest BCUT2D eigenvalue weighted by Crippen LogP contribution is 2.42. The Hall–Kier alpha value is -2.89. The molecule has 2 unspecified atom stereocenters. The van der Waals surface area contributed by atoms with Gasteiger partial charge in [0, 0.05) is 12.8 Å². The van der Waals surface area contributed by atoms with Crippen molar-refractivity contribution in [2.75, 3.05) is 13.2 Å². The van der Waals surface area contributed by atoms with E-state index in [0.29, 0.717) is 26.1 Å². The van der Waals surface area contributed by atoms with E-state index in [-0.39, 0.29) is 24.8 Å². The van der Waals surface area contributed by atoms with Crippen LogP contribution in [-0.4, -0.2) is 41.4 Å². The minimum atomic E-state index is -0.987. The van der Waals surface area contributed by atoms with E-state index in [1.54, 1.807) is 4.90 Å². The smallest absolute Gasteiger partial charge is 0.410 e. The Morgan fingerprint density at radius 2 is 1.63 bits per heavy atom. The quantitative estimate of drug-likeness (QED) is 0.711. The second kappa shape index (κ2) is 7.74. The molecule has 3 aromatic carbocycles. The molecule has 0 spiro atoms. The Bertz CT molecular complexity index is 1040. The number of ether oxygens (including phenoxy) is 2. The lowest BCUT2D eigenvalue weighted by Crippen LogP contribution is -2.62. The van der Waals surface area contributed by atoms with Crippen LogP contribution < -0.4 is 0 Å². The normalized spacial score (nSPS) is 25.8. The lowest BCUT2D eigenvalue weighted by atomic mass is 9.76. The lowest BCUT2D eigenvalue weighted by molar-refractivity contribution is -0.136. The molecule has 1 N–H and O–H groups in total. The van der Waals surface area contributed by atoms with Crippen LogP contribution in [0, 0.1) is 0 Å². The molecule has 5 heteroatoms. The van der Waals surface area contributed by atoms with Gasteiger partial charge in [-0.2, -0.15) is 0 Å². The molecule has 2 aliphatic heterocycles. The summed E-state index contributed by atoms with van der Waals surface area (Å²) >= 11 is 0. The number of piperidine rings is 1. The van der Waals surface area contributed by atoms with Crippen molar-refractivity contribution in [1.29, 1.82) is 0 Å². The molecule has 154 valence electrons. The van der Waals surface area contributed by atoms with Gasteiger partial charge in [-0.15, -0.1) is 0 Å². The van der Waals surface area contributed by atoms with Gasteiger partial charge in [-0.05, 0) is 28.0 Å². The van der Waals surface area contributed by atoms with Gasteiger partial charge in [0.2, 0.25) is 0 Å². The van der Waals surface area contributed by atoms with E-state index >= 15 is 0 Å². The number of morpholine rings is 1. The van der Waals surface area contributed by atoms with Gasteiger partial charge in [0.15, 0.2) is 0 Å². The minimum Gasteiger partial charge on any atom is -0.445 e. The first-order valence-electron chi connectivity index (χ1n) is 10.4. The molecule has 2 bridgehead atoms. The van der Waals surface area contributed by atoms with Crippen molar-refractivity contribution in [2.24, 2.45) is 0 Å². The van der Waals surface area contributed by atoms with Crippen molar-refractivity contribution in [3.8, 4) is 0 Å². The summed E-state index contributed by atoms with van der Waals surface area (Å²) in [5.41, 5.74) is 0.867. The fourth-order valence-electron chi connectivity index (χ4n) is 4.78. The zero-order valence-corrected chi connectivity index (χ0v) is 16.7. The minimum absolute atomic E-state index is 0.211. The maximum absolute atomic E-state index is 12.9. The molecule has 2 atom stereocenters. The second-order valence-electron chi connectivity index (χ2n) is 8.29. The molecule has 1 amide bonds. The summed E-state index contributed by atoms with van der Waals surface area (Å²) in [6.07, 6.45) is 0.530. The van der Waals surface area contributed by atoms with Gasteiger partial charge in [0.25, 0.3) is 0 Å². The summed E-state index contributed by atoms with van der Waals surface area (Å²) in [4.78, 5) is 14.7. The SMILES string of the molecule is O=C(OCc1ccccc1)N1C2COCC1CC(O)(c1ccc3ccccc3c1)C2. The molecule has 0 radical (unpaired) electrons. The average molecular weight is 403 g/mol. The van der Waals surface area contributed by atoms with Crippen LogP contribution in [0.15, 0.2) is 72.8 Å². The Morgan fingerprint density at radius 3 is 2.37 bits per heavy atom. The van der Waals surface area contributed by atoms with Gasteiger partial charge in [-0.1, -0.05) is 66.7 Å². The number of benzene rings is 3. The maximum atomic E-state index is 12.9. The molecule has 0 aromatic heterocycles. The van der Waals surface area contributed by atoms with Crippen LogP contribution in [-0.2, 0) is 21.7 Å². The van der Waals surface area contributed by atoms with Crippen LogP contribution in [0.25, 0.3) is 10.8 Å². The largest absolute Gasteiger partial charge is 0.445 e. The molecular weight excluding hydrogens is 378 g/mol. The molecule has 2 fully saturated rings. The highest BCUT2D eigenvalue weighted by molar-refractivity contribution is 5.83. The van der Waals surface area contributed by atoms with E-state index in [9.17, 15) is 9.90 Å². The van der Waals surface area contributed by atoms with E-state index in [1.807, 2.05) is 48.5 Å². The van der Waals surface area contributed by atoms with Gasteiger partial charge in [-0.25, -0.2) is 4.79 Å². The van der Waals surface area contributed by atoms with Crippen LogP contribution in [0.3, 0.4) is 0 Å². The van der Waals surface area contributed by atoms with E-state index < -0.39 is 5.60 Å². The number of carbonyl (C=O) groups excluding carboxylic acids is 1. The van der Waals surface area contributed by atoms with Gasteiger partial charge in [0.05, 0.1) is 30.9 Å². The topological polar surface area (TPSA) is 59.0 Å². The van der Waals surface area contributed by atoms with Crippen LogP contribution in [0.2, 0.25) is 0 Å². The summed E-state index contributed by atoms with van der Waals surface area (Å²) in [5, 5.41) is 13.8. The molecule has 2 saturated heterocycles. The van der Waals surface area contributed by atoms with Crippen LogP contribution in [0.1, 0.15) is 24.0 Å². The van der Waals surface area contributed by atoms with Crippen molar-refractivity contribution >= 4 is 16.9 Å². The van der Waals surface area contributed by atoms with Crippen molar-refractivity contribution in [3.05, 3.63) is 83.9 Å². The number of aliphatic hydroxyl groups is 1. The third kappa shape index (κ3) is 3.55. The lowest BCUT2D eigenvalue weighted by Gasteiger charge is -2.51. The Morgan fingerprint density at radius 1 is 0.967 bits per heavy atom. The highest BCUT2D eigenvalue weighted by atomic mass is 16.6. The van der Waals surface area contributed by atoms with Gasteiger partial charge < -0.3 is 14.6 Å². The zero-order chi connectivity index (χ0) is 20.6. The Balaban J connectivity index is 1.35. The van der Waals surface area contributed by atoms with Gasteiger partial charge >= 0.3 is 6.09 Å².